The Labute approximate surface area is 105 Å². The summed E-state index contributed by atoms with van der Waals surface area (Å²) >= 11 is 0. The van der Waals surface area contributed by atoms with E-state index in [-0.39, 0.29) is 30.6 Å². The second-order valence-corrected chi connectivity index (χ2v) is 3.67. The summed E-state index contributed by atoms with van der Waals surface area (Å²) in [4.78, 5) is 22.6. The molecule has 0 heterocycles. The summed E-state index contributed by atoms with van der Waals surface area (Å²) in [5.74, 6) is -1.05. The first-order chi connectivity index (χ1) is 8.61. The van der Waals surface area contributed by atoms with Gasteiger partial charge in [-0.3, -0.25) is 9.59 Å². The number of rotatable bonds is 6. The van der Waals surface area contributed by atoms with Crippen LogP contribution in [0.3, 0.4) is 0 Å². The summed E-state index contributed by atoms with van der Waals surface area (Å²) in [6.45, 7) is 4.06. The average molecular weight is 250 g/mol. The number of benzene rings is 1. The molecule has 0 fully saturated rings. The molecule has 0 aliphatic carbocycles. The minimum atomic E-state index is -0.374. The van der Waals surface area contributed by atoms with Gasteiger partial charge in [-0.25, -0.2) is 4.39 Å². The lowest BCUT2D eigenvalue weighted by Gasteiger charge is -2.05. The molecule has 18 heavy (non-hydrogen) atoms. The standard InChI is InChI=1S/C13H15FN2O2/c1-2-7-15-12(17)8-13(18)16-9-10-3-5-11(14)6-4-10/h2-6H,1,7-9H2,(H,15,17)(H,16,18). The average Bonchev–Trinajstić information content (AvgIpc) is 2.35. The molecular weight excluding hydrogens is 235 g/mol. The van der Waals surface area contributed by atoms with Crippen LogP contribution in [0.25, 0.3) is 0 Å². The molecule has 1 rings (SSSR count). The van der Waals surface area contributed by atoms with Gasteiger partial charge in [0, 0.05) is 13.1 Å². The van der Waals surface area contributed by atoms with E-state index in [2.05, 4.69) is 17.2 Å². The number of halogens is 1. The van der Waals surface area contributed by atoms with Crippen molar-refractivity contribution in [1.29, 1.82) is 0 Å². The molecule has 0 saturated carbocycles. The number of hydrogen-bond acceptors (Lipinski definition) is 2. The monoisotopic (exact) mass is 250 g/mol. The lowest BCUT2D eigenvalue weighted by atomic mass is 10.2. The molecule has 96 valence electrons. The van der Waals surface area contributed by atoms with Crippen LogP contribution in [0.4, 0.5) is 4.39 Å². The van der Waals surface area contributed by atoms with Gasteiger partial charge in [0.25, 0.3) is 0 Å². The second-order valence-electron chi connectivity index (χ2n) is 3.67. The molecule has 5 heteroatoms. The quantitative estimate of drug-likeness (QED) is 0.587. The van der Waals surface area contributed by atoms with Crippen LogP contribution in [0.2, 0.25) is 0 Å². The predicted molar refractivity (Wildman–Crippen MR) is 66.1 cm³/mol. The molecule has 1 aromatic carbocycles. The van der Waals surface area contributed by atoms with Crippen LogP contribution in [-0.2, 0) is 16.1 Å². The summed E-state index contributed by atoms with van der Waals surface area (Å²) in [7, 11) is 0. The Balaban J connectivity index is 2.30. The molecule has 0 atom stereocenters. The van der Waals surface area contributed by atoms with E-state index in [4.69, 9.17) is 0 Å². The van der Waals surface area contributed by atoms with Crippen LogP contribution in [-0.4, -0.2) is 18.4 Å². The fourth-order valence-electron chi connectivity index (χ4n) is 1.26. The van der Waals surface area contributed by atoms with Gasteiger partial charge in [-0.2, -0.15) is 0 Å². The zero-order valence-corrected chi connectivity index (χ0v) is 9.91. The largest absolute Gasteiger partial charge is 0.352 e. The first kappa shape index (κ1) is 13.9. The third-order valence-corrected chi connectivity index (χ3v) is 2.17. The number of carbonyl (C=O) groups is 2. The molecule has 2 amide bonds. The van der Waals surface area contributed by atoms with Crippen LogP contribution >= 0.6 is 0 Å². The first-order valence-electron chi connectivity index (χ1n) is 5.50. The highest BCUT2D eigenvalue weighted by molar-refractivity contribution is 5.96. The van der Waals surface area contributed by atoms with Gasteiger partial charge in [0.15, 0.2) is 0 Å². The number of nitrogens with one attached hydrogen (secondary N) is 2. The predicted octanol–water partition coefficient (Wildman–Crippen LogP) is 1.13. The summed E-state index contributed by atoms with van der Waals surface area (Å²) in [5.41, 5.74) is 0.774. The number of carbonyl (C=O) groups excluding carboxylic acids is 2. The van der Waals surface area contributed by atoms with Crippen molar-refractivity contribution >= 4 is 11.8 Å². The van der Waals surface area contributed by atoms with E-state index in [1.54, 1.807) is 12.1 Å². The van der Waals surface area contributed by atoms with Crippen molar-refractivity contribution < 1.29 is 14.0 Å². The molecule has 0 radical (unpaired) electrons. The molecule has 0 aliphatic rings. The highest BCUT2D eigenvalue weighted by Crippen LogP contribution is 2.02. The Morgan fingerprint density at radius 3 is 2.39 bits per heavy atom. The van der Waals surface area contributed by atoms with E-state index in [1.165, 1.54) is 18.2 Å². The van der Waals surface area contributed by atoms with Crippen LogP contribution in [0.1, 0.15) is 12.0 Å². The van der Waals surface area contributed by atoms with Crippen molar-refractivity contribution in [3.63, 3.8) is 0 Å². The van der Waals surface area contributed by atoms with Crippen molar-refractivity contribution in [2.75, 3.05) is 6.54 Å². The summed E-state index contributed by atoms with van der Waals surface area (Å²) < 4.78 is 12.6. The van der Waals surface area contributed by atoms with Gasteiger partial charge in [-0.05, 0) is 17.7 Å². The van der Waals surface area contributed by atoms with Crippen LogP contribution in [0, 0.1) is 5.82 Å². The molecule has 0 spiro atoms. The minimum Gasteiger partial charge on any atom is -0.352 e. The van der Waals surface area contributed by atoms with Crippen molar-refractivity contribution in [3.8, 4) is 0 Å². The highest BCUT2D eigenvalue weighted by atomic mass is 19.1. The maximum Gasteiger partial charge on any atom is 0.229 e. The molecular formula is C13H15FN2O2. The first-order valence-corrected chi connectivity index (χ1v) is 5.50. The van der Waals surface area contributed by atoms with Crippen molar-refractivity contribution in [3.05, 3.63) is 48.3 Å². The second kappa shape index (κ2) is 7.21. The molecule has 0 saturated heterocycles. The minimum absolute atomic E-state index is 0.227. The van der Waals surface area contributed by atoms with Gasteiger partial charge in [0.05, 0.1) is 0 Å². The Morgan fingerprint density at radius 1 is 1.17 bits per heavy atom. The third kappa shape index (κ3) is 5.25. The van der Waals surface area contributed by atoms with Crippen LogP contribution in [0.5, 0.6) is 0 Å². The van der Waals surface area contributed by atoms with Gasteiger partial charge in [-0.1, -0.05) is 18.2 Å². The SMILES string of the molecule is C=CCNC(=O)CC(=O)NCc1ccc(F)cc1. The topological polar surface area (TPSA) is 58.2 Å². The molecule has 2 N–H and O–H groups in total. The van der Waals surface area contributed by atoms with E-state index in [1.807, 2.05) is 0 Å². The van der Waals surface area contributed by atoms with E-state index >= 15 is 0 Å². The summed E-state index contributed by atoms with van der Waals surface area (Å²) in [6.07, 6.45) is 1.31. The maximum atomic E-state index is 12.6. The lowest BCUT2D eigenvalue weighted by Crippen LogP contribution is -2.31. The molecule has 1 aromatic rings. The van der Waals surface area contributed by atoms with Gasteiger partial charge in [-0.15, -0.1) is 6.58 Å². The van der Waals surface area contributed by atoms with E-state index < -0.39 is 0 Å². The van der Waals surface area contributed by atoms with Gasteiger partial charge >= 0.3 is 0 Å². The van der Waals surface area contributed by atoms with Crippen molar-refractivity contribution in [1.82, 2.24) is 10.6 Å². The van der Waals surface area contributed by atoms with Gasteiger partial charge in [0.2, 0.25) is 11.8 Å². The lowest BCUT2D eigenvalue weighted by molar-refractivity contribution is -0.129. The van der Waals surface area contributed by atoms with Crippen LogP contribution < -0.4 is 10.6 Å². The zero-order valence-electron chi connectivity index (χ0n) is 9.91. The third-order valence-electron chi connectivity index (χ3n) is 2.17. The van der Waals surface area contributed by atoms with E-state index in [9.17, 15) is 14.0 Å². The number of amides is 2. The Hall–Kier alpha value is -2.17. The summed E-state index contributed by atoms with van der Waals surface area (Å²) in [6, 6.07) is 5.79. The molecule has 4 nitrogen and oxygen atoms in total. The zero-order chi connectivity index (χ0) is 13.4. The van der Waals surface area contributed by atoms with Crippen molar-refractivity contribution in [2.45, 2.75) is 13.0 Å². The molecule has 0 unspecified atom stereocenters. The van der Waals surface area contributed by atoms with Gasteiger partial charge in [0.1, 0.15) is 12.2 Å². The van der Waals surface area contributed by atoms with Gasteiger partial charge < -0.3 is 10.6 Å². The summed E-state index contributed by atoms with van der Waals surface area (Å²) in [5, 5.41) is 5.08. The van der Waals surface area contributed by atoms with E-state index in [0.29, 0.717) is 6.54 Å². The highest BCUT2D eigenvalue weighted by Gasteiger charge is 2.07. The van der Waals surface area contributed by atoms with Crippen LogP contribution in [0.15, 0.2) is 36.9 Å². The number of hydrogen-bond donors (Lipinski definition) is 2. The molecule has 0 aromatic heterocycles. The normalized spacial score (nSPS) is 9.61. The van der Waals surface area contributed by atoms with E-state index in [0.717, 1.165) is 5.56 Å². The Morgan fingerprint density at radius 2 is 1.78 bits per heavy atom. The fraction of sp³-hybridized carbons (Fsp3) is 0.231. The van der Waals surface area contributed by atoms with Crippen molar-refractivity contribution in [2.24, 2.45) is 0 Å². The Bertz CT molecular complexity index is 429. The smallest absolute Gasteiger partial charge is 0.229 e. The molecule has 0 aliphatic heterocycles. The molecule has 0 bridgehead atoms. The fourth-order valence-corrected chi connectivity index (χ4v) is 1.26. The maximum absolute atomic E-state index is 12.6. The Kier molecular flexibility index (Phi) is 5.57.